The summed E-state index contributed by atoms with van der Waals surface area (Å²) >= 11 is 5.95. The van der Waals surface area contributed by atoms with Crippen molar-refractivity contribution in [1.29, 1.82) is 0 Å². The number of benzene rings is 1. The topological polar surface area (TPSA) is 72.4 Å². The number of nitrogens with two attached hydrogens (primary N) is 1. The van der Waals surface area contributed by atoms with Crippen molar-refractivity contribution in [3.05, 3.63) is 41.1 Å². The van der Waals surface area contributed by atoms with Crippen LogP contribution < -0.4 is 5.73 Å². The Bertz CT molecular complexity index is 656. The van der Waals surface area contributed by atoms with Crippen molar-refractivity contribution in [3.8, 4) is 11.3 Å². The second-order valence-electron chi connectivity index (χ2n) is 5.23. The summed E-state index contributed by atoms with van der Waals surface area (Å²) in [6.45, 7) is 2.00. The van der Waals surface area contributed by atoms with Crippen molar-refractivity contribution in [2.45, 2.75) is 6.42 Å². The summed E-state index contributed by atoms with van der Waals surface area (Å²) in [6, 6.07) is 8.94. The molecule has 1 aliphatic rings. The van der Waals surface area contributed by atoms with E-state index in [0.29, 0.717) is 36.3 Å². The van der Waals surface area contributed by atoms with Gasteiger partial charge >= 0.3 is 0 Å². The first kappa shape index (κ1) is 14.1. The predicted octanol–water partition coefficient (Wildman–Crippen LogP) is 2.42. The van der Waals surface area contributed by atoms with Crippen LogP contribution in [-0.2, 0) is 0 Å². The lowest BCUT2D eigenvalue weighted by Crippen LogP contribution is -2.29. The smallest absolute Gasteiger partial charge is 0.292 e. The molecule has 110 valence electrons. The van der Waals surface area contributed by atoms with Crippen LogP contribution in [0.25, 0.3) is 11.3 Å². The monoisotopic (exact) mass is 305 g/mol. The fourth-order valence-corrected chi connectivity index (χ4v) is 2.72. The average Bonchev–Trinajstić information content (AvgIpc) is 3.16. The van der Waals surface area contributed by atoms with Crippen LogP contribution >= 0.6 is 11.6 Å². The third kappa shape index (κ3) is 2.94. The normalized spacial score (nSPS) is 18.2. The molecule has 2 N–H and O–H groups in total. The number of amides is 1. The molecule has 2 heterocycles. The van der Waals surface area contributed by atoms with Crippen molar-refractivity contribution < 1.29 is 9.32 Å². The van der Waals surface area contributed by atoms with Crippen LogP contribution in [0.15, 0.2) is 34.9 Å². The quantitative estimate of drug-likeness (QED) is 0.945. The summed E-state index contributed by atoms with van der Waals surface area (Å²) < 4.78 is 5.19. The van der Waals surface area contributed by atoms with E-state index in [4.69, 9.17) is 21.9 Å². The van der Waals surface area contributed by atoms with Gasteiger partial charge < -0.3 is 15.2 Å². The molecule has 1 fully saturated rings. The molecule has 1 saturated heterocycles. The Labute approximate surface area is 127 Å². The van der Waals surface area contributed by atoms with E-state index in [2.05, 4.69) is 5.16 Å². The zero-order valence-corrected chi connectivity index (χ0v) is 12.2. The molecular formula is C15H16ClN3O2. The Morgan fingerprint density at radius 3 is 3.05 bits per heavy atom. The molecule has 0 spiro atoms. The highest BCUT2D eigenvalue weighted by Gasteiger charge is 2.28. The third-order valence-corrected chi connectivity index (χ3v) is 3.98. The molecule has 1 atom stereocenters. The molecule has 1 amide bonds. The molecule has 1 aliphatic heterocycles. The molecule has 1 unspecified atom stereocenters. The van der Waals surface area contributed by atoms with Crippen LogP contribution in [0, 0.1) is 5.92 Å². The second kappa shape index (κ2) is 5.87. The van der Waals surface area contributed by atoms with E-state index in [-0.39, 0.29) is 11.7 Å². The number of hydrogen-bond donors (Lipinski definition) is 1. The summed E-state index contributed by atoms with van der Waals surface area (Å²) in [4.78, 5) is 14.1. The SMILES string of the molecule is NCC1CCN(C(=O)c2cc(-c3cccc(Cl)c3)no2)C1. The first-order valence-electron chi connectivity index (χ1n) is 6.89. The first-order valence-corrected chi connectivity index (χ1v) is 7.27. The van der Waals surface area contributed by atoms with E-state index in [1.54, 1.807) is 23.1 Å². The predicted molar refractivity (Wildman–Crippen MR) is 80.0 cm³/mol. The maximum Gasteiger partial charge on any atom is 0.292 e. The lowest BCUT2D eigenvalue weighted by molar-refractivity contribution is 0.0746. The summed E-state index contributed by atoms with van der Waals surface area (Å²) in [5, 5.41) is 4.57. The van der Waals surface area contributed by atoms with Gasteiger partial charge in [0.2, 0.25) is 5.76 Å². The number of rotatable bonds is 3. The van der Waals surface area contributed by atoms with Crippen molar-refractivity contribution in [2.75, 3.05) is 19.6 Å². The molecule has 6 heteroatoms. The molecule has 0 bridgehead atoms. The maximum absolute atomic E-state index is 12.3. The number of hydrogen-bond acceptors (Lipinski definition) is 4. The van der Waals surface area contributed by atoms with E-state index >= 15 is 0 Å². The zero-order valence-electron chi connectivity index (χ0n) is 11.5. The fourth-order valence-electron chi connectivity index (χ4n) is 2.53. The summed E-state index contributed by atoms with van der Waals surface area (Å²) in [6.07, 6.45) is 0.942. The molecule has 0 saturated carbocycles. The van der Waals surface area contributed by atoms with Gasteiger partial charge in [0.1, 0.15) is 5.69 Å². The Morgan fingerprint density at radius 2 is 2.33 bits per heavy atom. The van der Waals surface area contributed by atoms with Gasteiger partial charge in [-0.2, -0.15) is 0 Å². The van der Waals surface area contributed by atoms with E-state index < -0.39 is 0 Å². The fraction of sp³-hybridized carbons (Fsp3) is 0.333. The largest absolute Gasteiger partial charge is 0.350 e. The number of nitrogens with zero attached hydrogens (tertiary/aromatic N) is 2. The lowest BCUT2D eigenvalue weighted by atomic mass is 10.1. The van der Waals surface area contributed by atoms with Gasteiger partial charge in [-0.1, -0.05) is 28.9 Å². The molecule has 5 nitrogen and oxygen atoms in total. The van der Waals surface area contributed by atoms with Crippen LogP contribution in [0.1, 0.15) is 17.0 Å². The van der Waals surface area contributed by atoms with Crippen molar-refractivity contribution >= 4 is 17.5 Å². The van der Waals surface area contributed by atoms with E-state index in [0.717, 1.165) is 12.0 Å². The van der Waals surface area contributed by atoms with Crippen LogP contribution in [0.2, 0.25) is 5.02 Å². The number of aromatic nitrogens is 1. The van der Waals surface area contributed by atoms with Gasteiger partial charge in [-0.25, -0.2) is 0 Å². The van der Waals surface area contributed by atoms with Gasteiger partial charge in [0.05, 0.1) is 0 Å². The Morgan fingerprint density at radius 1 is 1.48 bits per heavy atom. The van der Waals surface area contributed by atoms with E-state index in [1.807, 2.05) is 12.1 Å². The molecule has 0 aliphatic carbocycles. The summed E-state index contributed by atoms with van der Waals surface area (Å²) in [5.41, 5.74) is 7.08. The Hall–Kier alpha value is -1.85. The summed E-state index contributed by atoms with van der Waals surface area (Å²) in [5.74, 6) is 0.499. The van der Waals surface area contributed by atoms with Gasteiger partial charge in [0.25, 0.3) is 5.91 Å². The molecule has 21 heavy (non-hydrogen) atoms. The Balaban J connectivity index is 1.77. The Kier molecular flexibility index (Phi) is 3.94. The van der Waals surface area contributed by atoms with Gasteiger partial charge in [-0.3, -0.25) is 4.79 Å². The standard InChI is InChI=1S/C15H16ClN3O2/c16-12-3-1-2-11(6-12)13-7-14(21-18-13)15(20)19-5-4-10(8-17)9-19/h1-3,6-7,10H,4-5,8-9,17H2. The molecule has 2 aromatic rings. The number of halogens is 1. The lowest BCUT2D eigenvalue weighted by Gasteiger charge is -2.13. The van der Waals surface area contributed by atoms with Gasteiger partial charge in [-0.15, -0.1) is 0 Å². The summed E-state index contributed by atoms with van der Waals surface area (Å²) in [7, 11) is 0. The molecule has 0 radical (unpaired) electrons. The number of carbonyl (C=O) groups is 1. The van der Waals surface area contributed by atoms with Crippen LogP contribution in [0.5, 0.6) is 0 Å². The van der Waals surface area contributed by atoms with Crippen molar-refractivity contribution in [3.63, 3.8) is 0 Å². The highest BCUT2D eigenvalue weighted by molar-refractivity contribution is 6.30. The van der Waals surface area contributed by atoms with Crippen molar-refractivity contribution in [2.24, 2.45) is 11.7 Å². The molecular weight excluding hydrogens is 290 g/mol. The van der Waals surface area contributed by atoms with Crippen LogP contribution in [0.3, 0.4) is 0 Å². The molecule has 1 aromatic carbocycles. The van der Waals surface area contributed by atoms with Crippen LogP contribution in [0.4, 0.5) is 0 Å². The van der Waals surface area contributed by atoms with Gasteiger partial charge in [0, 0.05) is 29.7 Å². The minimum atomic E-state index is -0.133. The number of carbonyl (C=O) groups excluding carboxylic acids is 1. The highest BCUT2D eigenvalue weighted by Crippen LogP contribution is 2.24. The average molecular weight is 306 g/mol. The maximum atomic E-state index is 12.3. The molecule has 3 rings (SSSR count). The second-order valence-corrected chi connectivity index (χ2v) is 5.66. The first-order chi connectivity index (χ1) is 10.2. The third-order valence-electron chi connectivity index (χ3n) is 3.75. The van der Waals surface area contributed by atoms with E-state index in [9.17, 15) is 4.79 Å². The van der Waals surface area contributed by atoms with E-state index in [1.165, 1.54) is 0 Å². The van der Waals surface area contributed by atoms with Gasteiger partial charge in [0.15, 0.2) is 0 Å². The molecule has 1 aromatic heterocycles. The zero-order chi connectivity index (χ0) is 14.8. The number of likely N-dealkylation sites (tertiary alicyclic amines) is 1. The van der Waals surface area contributed by atoms with Gasteiger partial charge in [-0.05, 0) is 31.0 Å². The van der Waals surface area contributed by atoms with Crippen molar-refractivity contribution in [1.82, 2.24) is 10.1 Å². The minimum Gasteiger partial charge on any atom is -0.350 e. The van der Waals surface area contributed by atoms with Crippen LogP contribution in [-0.4, -0.2) is 35.6 Å². The highest BCUT2D eigenvalue weighted by atomic mass is 35.5. The minimum absolute atomic E-state index is 0.133.